The number of thiophene rings is 1. The maximum atomic E-state index is 13.0. The highest BCUT2D eigenvalue weighted by atomic mass is 32.1. The van der Waals surface area contributed by atoms with Gasteiger partial charge in [-0.3, -0.25) is 4.79 Å². The summed E-state index contributed by atoms with van der Waals surface area (Å²) in [6.07, 6.45) is -0.520. The highest BCUT2D eigenvalue weighted by Crippen LogP contribution is 2.34. The van der Waals surface area contributed by atoms with E-state index in [4.69, 9.17) is 4.74 Å². The Kier molecular flexibility index (Phi) is 5.15. The molecule has 1 amide bonds. The Morgan fingerprint density at radius 2 is 1.83 bits per heavy atom. The number of anilines is 1. The van der Waals surface area contributed by atoms with E-state index in [1.165, 1.54) is 30.4 Å². The molecule has 0 spiro atoms. The summed E-state index contributed by atoms with van der Waals surface area (Å²) in [7, 11) is 0. The van der Waals surface area contributed by atoms with Gasteiger partial charge in [0.15, 0.2) is 0 Å². The molecule has 1 atom stereocenters. The Bertz CT molecular complexity index is 737. The molecule has 1 aromatic heterocycles. The second-order valence-corrected chi connectivity index (χ2v) is 6.49. The predicted molar refractivity (Wildman–Crippen MR) is 88.3 cm³/mol. The summed E-state index contributed by atoms with van der Waals surface area (Å²) in [5, 5.41) is 3.16. The lowest BCUT2D eigenvalue weighted by Gasteiger charge is -2.14. The van der Waals surface area contributed by atoms with Crippen molar-refractivity contribution in [2.24, 2.45) is 0 Å². The Labute approximate surface area is 138 Å². The topological polar surface area (TPSA) is 55.4 Å². The van der Waals surface area contributed by atoms with Crippen LogP contribution in [0.2, 0.25) is 0 Å². The first-order valence-corrected chi connectivity index (χ1v) is 7.95. The number of hydrogen-bond donors (Lipinski definition) is 1. The molecule has 0 unspecified atom stereocenters. The number of carbonyl (C=O) groups is 2. The van der Waals surface area contributed by atoms with Crippen LogP contribution in [0, 0.1) is 19.7 Å². The van der Waals surface area contributed by atoms with Crippen molar-refractivity contribution < 1.29 is 18.7 Å². The van der Waals surface area contributed by atoms with Crippen molar-refractivity contribution >= 4 is 28.2 Å². The van der Waals surface area contributed by atoms with Gasteiger partial charge in [-0.2, -0.15) is 0 Å². The summed E-state index contributed by atoms with van der Waals surface area (Å²) in [5.74, 6) is -1.09. The monoisotopic (exact) mass is 335 g/mol. The van der Waals surface area contributed by atoms with Crippen LogP contribution in [0.1, 0.15) is 46.3 Å². The highest BCUT2D eigenvalue weighted by molar-refractivity contribution is 7.16. The molecule has 4 nitrogen and oxygen atoms in total. The quantitative estimate of drug-likeness (QED) is 0.844. The van der Waals surface area contributed by atoms with Gasteiger partial charge in [0.05, 0.1) is 5.56 Å². The average molecular weight is 335 g/mol. The SMILES string of the molecule is CC(=O)Nc1sc(C)c(C)c1C(=O)O[C@@H](C)c1ccc(F)cc1. The zero-order chi connectivity index (χ0) is 17.1. The molecule has 1 aromatic carbocycles. The Balaban J connectivity index is 2.23. The van der Waals surface area contributed by atoms with Crippen LogP contribution in [0.3, 0.4) is 0 Å². The Hall–Kier alpha value is -2.21. The van der Waals surface area contributed by atoms with Crippen LogP contribution in [0.25, 0.3) is 0 Å². The molecule has 1 heterocycles. The maximum absolute atomic E-state index is 13.0. The normalized spacial score (nSPS) is 11.9. The Morgan fingerprint density at radius 1 is 1.22 bits per heavy atom. The van der Waals surface area contributed by atoms with Crippen LogP contribution in [-0.4, -0.2) is 11.9 Å². The second-order valence-electron chi connectivity index (χ2n) is 5.27. The molecule has 0 aliphatic heterocycles. The van der Waals surface area contributed by atoms with Crippen LogP contribution < -0.4 is 5.32 Å². The molecule has 0 saturated carbocycles. The van der Waals surface area contributed by atoms with Gasteiger partial charge in [0.25, 0.3) is 0 Å². The first kappa shape index (κ1) is 17.1. The van der Waals surface area contributed by atoms with E-state index in [-0.39, 0.29) is 11.7 Å². The molecular formula is C17H18FNO3S. The van der Waals surface area contributed by atoms with Crippen molar-refractivity contribution in [3.8, 4) is 0 Å². The number of nitrogens with one attached hydrogen (secondary N) is 1. The molecule has 23 heavy (non-hydrogen) atoms. The molecule has 6 heteroatoms. The zero-order valence-corrected chi connectivity index (χ0v) is 14.2. The lowest BCUT2D eigenvalue weighted by Crippen LogP contribution is -2.13. The van der Waals surface area contributed by atoms with Gasteiger partial charge >= 0.3 is 5.97 Å². The maximum Gasteiger partial charge on any atom is 0.342 e. The van der Waals surface area contributed by atoms with Crippen LogP contribution in [0.15, 0.2) is 24.3 Å². The molecule has 0 bridgehead atoms. The number of halogens is 1. The van der Waals surface area contributed by atoms with E-state index < -0.39 is 12.1 Å². The molecule has 0 fully saturated rings. The summed E-state index contributed by atoms with van der Waals surface area (Å²) < 4.78 is 18.4. The molecule has 2 rings (SSSR count). The fourth-order valence-corrected chi connectivity index (χ4v) is 3.24. The van der Waals surface area contributed by atoms with Crippen LogP contribution in [0.5, 0.6) is 0 Å². The van der Waals surface area contributed by atoms with Crippen molar-refractivity contribution in [1.29, 1.82) is 0 Å². The largest absolute Gasteiger partial charge is 0.454 e. The van der Waals surface area contributed by atoms with Crippen LogP contribution in [0.4, 0.5) is 9.39 Å². The van der Waals surface area contributed by atoms with E-state index in [0.29, 0.717) is 16.1 Å². The molecule has 0 radical (unpaired) electrons. The third-order valence-corrected chi connectivity index (χ3v) is 4.62. The minimum absolute atomic E-state index is 0.244. The summed E-state index contributed by atoms with van der Waals surface area (Å²) in [4.78, 5) is 24.7. The number of benzene rings is 1. The smallest absolute Gasteiger partial charge is 0.342 e. The third-order valence-electron chi connectivity index (χ3n) is 3.50. The fourth-order valence-electron chi connectivity index (χ4n) is 2.14. The number of aryl methyl sites for hydroxylation is 1. The zero-order valence-electron chi connectivity index (χ0n) is 13.4. The molecule has 0 aliphatic rings. The van der Waals surface area contributed by atoms with Gasteiger partial charge in [0.1, 0.15) is 16.9 Å². The summed E-state index contributed by atoms with van der Waals surface area (Å²) >= 11 is 1.34. The molecule has 1 N–H and O–H groups in total. The van der Waals surface area contributed by atoms with Gasteiger partial charge in [-0.05, 0) is 44.0 Å². The van der Waals surface area contributed by atoms with Crippen molar-refractivity contribution in [2.75, 3.05) is 5.32 Å². The van der Waals surface area contributed by atoms with Gasteiger partial charge in [-0.1, -0.05) is 12.1 Å². The molecule has 2 aromatic rings. The third kappa shape index (κ3) is 3.96. The van der Waals surface area contributed by atoms with E-state index in [0.717, 1.165) is 10.4 Å². The van der Waals surface area contributed by atoms with E-state index in [9.17, 15) is 14.0 Å². The molecule has 0 saturated heterocycles. The van der Waals surface area contributed by atoms with Crippen molar-refractivity contribution in [2.45, 2.75) is 33.8 Å². The van der Waals surface area contributed by atoms with Crippen molar-refractivity contribution in [3.05, 3.63) is 51.7 Å². The van der Waals surface area contributed by atoms with Gasteiger partial charge in [0, 0.05) is 11.8 Å². The number of rotatable bonds is 4. The number of carbonyl (C=O) groups excluding carboxylic acids is 2. The number of amides is 1. The van der Waals surface area contributed by atoms with Crippen molar-refractivity contribution in [1.82, 2.24) is 0 Å². The highest BCUT2D eigenvalue weighted by Gasteiger charge is 2.23. The average Bonchev–Trinajstić information content (AvgIpc) is 2.73. The van der Waals surface area contributed by atoms with E-state index in [1.807, 2.05) is 13.8 Å². The predicted octanol–water partition coefficient (Wildman–Crippen LogP) is 4.38. The first-order valence-electron chi connectivity index (χ1n) is 7.13. The molecular weight excluding hydrogens is 317 g/mol. The number of esters is 1. The van der Waals surface area contributed by atoms with Crippen LogP contribution in [-0.2, 0) is 9.53 Å². The van der Waals surface area contributed by atoms with Gasteiger partial charge in [-0.25, -0.2) is 9.18 Å². The summed E-state index contributed by atoms with van der Waals surface area (Å²) in [5.41, 5.74) is 1.86. The summed E-state index contributed by atoms with van der Waals surface area (Å²) in [6.45, 7) is 6.81. The second kappa shape index (κ2) is 6.91. The lowest BCUT2D eigenvalue weighted by atomic mass is 10.1. The van der Waals surface area contributed by atoms with Crippen LogP contribution >= 0.6 is 11.3 Å². The first-order chi connectivity index (χ1) is 10.8. The van der Waals surface area contributed by atoms with Gasteiger partial charge < -0.3 is 10.1 Å². The van der Waals surface area contributed by atoms with E-state index in [1.54, 1.807) is 19.1 Å². The molecule has 0 aliphatic carbocycles. The van der Waals surface area contributed by atoms with Gasteiger partial charge in [0.2, 0.25) is 5.91 Å². The fraction of sp³-hybridized carbons (Fsp3) is 0.294. The van der Waals surface area contributed by atoms with E-state index in [2.05, 4.69) is 5.32 Å². The standard InChI is InChI=1S/C17H18FNO3S/c1-9-11(3)23-16(19-12(4)20)15(9)17(21)22-10(2)13-5-7-14(18)8-6-13/h5-8,10H,1-4H3,(H,19,20)/t10-/m0/s1. The minimum atomic E-state index is -0.520. The van der Waals surface area contributed by atoms with E-state index >= 15 is 0 Å². The minimum Gasteiger partial charge on any atom is -0.454 e. The number of hydrogen-bond acceptors (Lipinski definition) is 4. The van der Waals surface area contributed by atoms with Gasteiger partial charge in [-0.15, -0.1) is 11.3 Å². The summed E-state index contributed by atoms with van der Waals surface area (Å²) in [6, 6.07) is 5.80. The molecule has 122 valence electrons. The van der Waals surface area contributed by atoms with Crippen molar-refractivity contribution in [3.63, 3.8) is 0 Å². The Morgan fingerprint density at radius 3 is 2.39 bits per heavy atom. The lowest BCUT2D eigenvalue weighted by molar-refractivity contribution is -0.114. The number of ether oxygens (including phenoxy) is 1.